The van der Waals surface area contributed by atoms with Crippen LogP contribution in [0.25, 0.3) is 0 Å². The number of nitrogens with two attached hydrogens (primary N) is 1. The number of hydrogen-bond donors (Lipinski definition) is 3. The molecule has 19 heavy (non-hydrogen) atoms. The number of rotatable bonds is 3. The molecule has 0 radical (unpaired) electrons. The molecule has 1 aromatic heterocycles. The summed E-state index contributed by atoms with van der Waals surface area (Å²) in [6.45, 7) is -1.06. The Morgan fingerprint density at radius 3 is 2.84 bits per heavy atom. The maximum Gasteiger partial charge on any atom is 0.351 e. The molecule has 0 aliphatic carbocycles. The van der Waals surface area contributed by atoms with Gasteiger partial charge < -0.3 is 20.7 Å². The van der Waals surface area contributed by atoms with Gasteiger partial charge in [0.25, 0.3) is 6.43 Å². The maximum absolute atomic E-state index is 12.9. The highest BCUT2D eigenvalue weighted by Crippen LogP contribution is 2.39. The minimum Gasteiger partial charge on any atom is -0.393 e. The lowest BCUT2D eigenvalue weighted by atomic mass is 9.98. The van der Waals surface area contributed by atoms with Crippen molar-refractivity contribution in [1.82, 2.24) is 9.55 Å². The molecule has 3 atom stereocenters. The van der Waals surface area contributed by atoms with Crippen LogP contribution >= 0.6 is 0 Å². The van der Waals surface area contributed by atoms with Crippen molar-refractivity contribution in [3.05, 3.63) is 22.7 Å². The Kier molecular flexibility index (Phi) is 3.52. The SMILES string of the molecule is Nc1ccn([C@H]2C[C@H](O)[C@](CO)(C(F)F)O2)c(=O)n1. The summed E-state index contributed by atoms with van der Waals surface area (Å²) in [5.74, 6) is -0.0120. The van der Waals surface area contributed by atoms with Gasteiger partial charge in [-0.3, -0.25) is 4.57 Å². The Labute approximate surface area is 106 Å². The number of halogens is 2. The van der Waals surface area contributed by atoms with Gasteiger partial charge in [-0.05, 0) is 6.07 Å². The smallest absolute Gasteiger partial charge is 0.351 e. The van der Waals surface area contributed by atoms with Crippen molar-refractivity contribution >= 4 is 5.82 Å². The van der Waals surface area contributed by atoms with Gasteiger partial charge in [-0.1, -0.05) is 0 Å². The number of ether oxygens (including phenoxy) is 1. The number of nitrogens with zero attached hydrogens (tertiary/aromatic N) is 2. The molecule has 9 heteroatoms. The second-order valence-corrected chi connectivity index (χ2v) is 4.28. The monoisotopic (exact) mass is 277 g/mol. The highest BCUT2D eigenvalue weighted by atomic mass is 19.3. The summed E-state index contributed by atoms with van der Waals surface area (Å²) in [6, 6.07) is 1.30. The summed E-state index contributed by atoms with van der Waals surface area (Å²) >= 11 is 0. The zero-order valence-electron chi connectivity index (χ0n) is 9.74. The molecular formula is C10H13F2N3O4. The summed E-state index contributed by atoms with van der Waals surface area (Å²) in [5.41, 5.74) is 2.15. The first kappa shape index (κ1) is 13.8. The molecule has 2 heterocycles. The number of alkyl halides is 2. The molecule has 0 amide bonds. The average Bonchev–Trinajstić information content (AvgIpc) is 2.67. The van der Waals surface area contributed by atoms with Crippen molar-refractivity contribution in [2.24, 2.45) is 0 Å². The topological polar surface area (TPSA) is 111 Å². The van der Waals surface area contributed by atoms with E-state index in [0.29, 0.717) is 0 Å². The van der Waals surface area contributed by atoms with Gasteiger partial charge in [0, 0.05) is 12.6 Å². The van der Waals surface area contributed by atoms with Crippen LogP contribution in [0.3, 0.4) is 0 Å². The Bertz CT molecular complexity index is 524. The summed E-state index contributed by atoms with van der Waals surface area (Å²) in [7, 11) is 0. The molecule has 0 spiro atoms. The molecule has 0 unspecified atom stereocenters. The first-order valence-electron chi connectivity index (χ1n) is 5.50. The van der Waals surface area contributed by atoms with Gasteiger partial charge in [0.1, 0.15) is 12.0 Å². The van der Waals surface area contributed by atoms with Gasteiger partial charge in [0.2, 0.25) is 0 Å². The van der Waals surface area contributed by atoms with E-state index < -0.39 is 36.7 Å². The molecule has 0 saturated carbocycles. The van der Waals surface area contributed by atoms with Crippen molar-refractivity contribution in [2.75, 3.05) is 12.3 Å². The molecule has 7 nitrogen and oxygen atoms in total. The van der Waals surface area contributed by atoms with Crippen molar-refractivity contribution in [3.8, 4) is 0 Å². The van der Waals surface area contributed by atoms with E-state index in [2.05, 4.69) is 4.98 Å². The molecule has 0 bridgehead atoms. The lowest BCUT2D eigenvalue weighted by Crippen LogP contribution is -2.49. The molecule has 106 valence electrons. The van der Waals surface area contributed by atoms with E-state index in [9.17, 15) is 18.7 Å². The fourth-order valence-corrected chi connectivity index (χ4v) is 1.99. The number of nitrogen functional groups attached to an aromatic ring is 1. The van der Waals surface area contributed by atoms with Crippen LogP contribution in [0.1, 0.15) is 12.6 Å². The fraction of sp³-hybridized carbons (Fsp3) is 0.600. The maximum atomic E-state index is 12.9. The second-order valence-electron chi connectivity index (χ2n) is 4.28. The van der Waals surface area contributed by atoms with Crippen LogP contribution in [0.15, 0.2) is 17.1 Å². The van der Waals surface area contributed by atoms with Crippen molar-refractivity contribution in [1.29, 1.82) is 0 Å². The van der Waals surface area contributed by atoms with E-state index in [1.54, 1.807) is 0 Å². The minimum absolute atomic E-state index is 0.0120. The first-order valence-corrected chi connectivity index (χ1v) is 5.50. The third-order valence-corrected chi connectivity index (χ3v) is 3.12. The number of aliphatic hydroxyl groups is 2. The Hall–Kier alpha value is -1.58. The molecule has 1 aromatic rings. The second kappa shape index (κ2) is 4.83. The first-order chi connectivity index (χ1) is 8.90. The summed E-state index contributed by atoms with van der Waals surface area (Å²) in [5, 5.41) is 18.7. The summed E-state index contributed by atoms with van der Waals surface area (Å²) in [4.78, 5) is 15.0. The van der Waals surface area contributed by atoms with Gasteiger partial charge in [-0.2, -0.15) is 4.98 Å². The molecule has 1 saturated heterocycles. The zero-order valence-corrected chi connectivity index (χ0v) is 9.74. The molecule has 1 aliphatic heterocycles. The van der Waals surface area contributed by atoms with E-state index in [4.69, 9.17) is 15.6 Å². The van der Waals surface area contributed by atoms with Crippen LogP contribution in [0.4, 0.5) is 14.6 Å². The van der Waals surface area contributed by atoms with E-state index in [1.807, 2.05) is 0 Å². The fourth-order valence-electron chi connectivity index (χ4n) is 1.99. The van der Waals surface area contributed by atoms with Gasteiger partial charge in [-0.15, -0.1) is 0 Å². The van der Waals surface area contributed by atoms with Gasteiger partial charge in [0.15, 0.2) is 5.60 Å². The zero-order chi connectivity index (χ0) is 14.2. The van der Waals surface area contributed by atoms with Crippen molar-refractivity contribution < 1.29 is 23.7 Å². The molecule has 4 N–H and O–H groups in total. The number of hydrogen-bond acceptors (Lipinski definition) is 6. The predicted molar refractivity (Wildman–Crippen MR) is 59.5 cm³/mol. The van der Waals surface area contributed by atoms with Gasteiger partial charge in [0.05, 0.1) is 12.7 Å². The number of aliphatic hydroxyl groups excluding tert-OH is 2. The van der Waals surface area contributed by atoms with Crippen LogP contribution in [0, 0.1) is 0 Å². The molecule has 2 rings (SSSR count). The van der Waals surface area contributed by atoms with Crippen molar-refractivity contribution in [3.63, 3.8) is 0 Å². The van der Waals surface area contributed by atoms with Gasteiger partial charge in [-0.25, -0.2) is 13.6 Å². The standard InChI is InChI=1S/C10H13F2N3O4/c11-8(12)10(4-16)5(17)3-7(19-10)15-2-1-6(13)14-9(15)18/h1-2,5,7-8,16-17H,3-4H2,(H2,13,14,18)/t5-,7+,10+/m0/s1. The van der Waals surface area contributed by atoms with Crippen LogP contribution in [0.2, 0.25) is 0 Å². The number of aromatic nitrogens is 2. The molecule has 1 fully saturated rings. The van der Waals surface area contributed by atoms with E-state index in [1.165, 1.54) is 12.3 Å². The van der Waals surface area contributed by atoms with Crippen LogP contribution in [-0.2, 0) is 4.74 Å². The lowest BCUT2D eigenvalue weighted by molar-refractivity contribution is -0.195. The largest absolute Gasteiger partial charge is 0.393 e. The lowest BCUT2D eigenvalue weighted by Gasteiger charge is -2.28. The van der Waals surface area contributed by atoms with E-state index >= 15 is 0 Å². The third-order valence-electron chi connectivity index (χ3n) is 3.12. The quantitative estimate of drug-likeness (QED) is 0.660. The normalized spacial score (nSPS) is 31.0. The Balaban J connectivity index is 2.33. The third kappa shape index (κ3) is 2.20. The predicted octanol–water partition coefficient (Wildman–Crippen LogP) is -0.899. The molecular weight excluding hydrogens is 264 g/mol. The van der Waals surface area contributed by atoms with Crippen molar-refractivity contribution in [2.45, 2.75) is 30.8 Å². The average molecular weight is 277 g/mol. The number of anilines is 1. The van der Waals surface area contributed by atoms with Gasteiger partial charge >= 0.3 is 5.69 Å². The highest BCUT2D eigenvalue weighted by molar-refractivity contribution is 5.23. The van der Waals surface area contributed by atoms with Crippen LogP contribution in [0.5, 0.6) is 0 Å². The van der Waals surface area contributed by atoms with E-state index in [-0.39, 0.29) is 12.2 Å². The van der Waals surface area contributed by atoms with Crippen LogP contribution in [-0.4, -0.2) is 44.5 Å². The van der Waals surface area contributed by atoms with E-state index in [0.717, 1.165) is 4.57 Å². The molecule has 0 aromatic carbocycles. The molecule has 1 aliphatic rings. The minimum atomic E-state index is -3.09. The summed E-state index contributed by atoms with van der Waals surface area (Å²) in [6.07, 6.45) is -4.82. The van der Waals surface area contributed by atoms with Crippen LogP contribution < -0.4 is 11.4 Å². The highest BCUT2D eigenvalue weighted by Gasteiger charge is 2.55. The Morgan fingerprint density at radius 1 is 1.68 bits per heavy atom. The Morgan fingerprint density at radius 2 is 2.37 bits per heavy atom. The summed E-state index contributed by atoms with van der Waals surface area (Å²) < 4.78 is 31.8.